The van der Waals surface area contributed by atoms with Crippen LogP contribution in [-0.2, 0) is 19.1 Å². The summed E-state index contributed by atoms with van der Waals surface area (Å²) < 4.78 is 5.10. The number of rotatable bonds is 7. The van der Waals surface area contributed by atoms with Crippen LogP contribution in [0, 0.1) is 0 Å². The Hall–Kier alpha value is -3.00. The molecule has 1 fully saturated rings. The smallest absolute Gasteiger partial charge is 0.331 e. The number of carbonyl (C=O) groups is 3. The predicted octanol–water partition coefficient (Wildman–Crippen LogP) is 3.05. The second-order valence-corrected chi connectivity index (χ2v) is 7.28. The van der Waals surface area contributed by atoms with Crippen LogP contribution in [0.2, 0.25) is 0 Å². The number of hydrogen-bond acceptors (Lipinski definition) is 6. The molecule has 1 aromatic heterocycles. The van der Waals surface area contributed by atoms with Crippen LogP contribution in [0.1, 0.15) is 32.4 Å². The molecule has 0 radical (unpaired) electrons. The van der Waals surface area contributed by atoms with Gasteiger partial charge in [0.15, 0.2) is 11.2 Å². The number of nitrogens with zero attached hydrogens (tertiary/aromatic N) is 2. The lowest BCUT2D eigenvalue weighted by Gasteiger charge is -2.17. The summed E-state index contributed by atoms with van der Waals surface area (Å²) in [7, 11) is 0. The quantitative estimate of drug-likeness (QED) is 0.571. The van der Waals surface area contributed by atoms with Gasteiger partial charge in [-0.2, -0.15) is 0 Å². The van der Waals surface area contributed by atoms with Crippen molar-refractivity contribution in [2.75, 3.05) is 4.90 Å². The zero-order valence-corrected chi connectivity index (χ0v) is 16.4. The molecule has 1 atom stereocenters. The third-order valence-electron chi connectivity index (χ3n) is 4.01. The van der Waals surface area contributed by atoms with E-state index in [1.165, 1.54) is 42.2 Å². The number of benzene rings is 1. The Morgan fingerprint density at radius 1 is 1.29 bits per heavy atom. The standard InChI is InChI=1S/C20H21N3O4S/c1-13(19(26)21-15-8-9-15)27-18(25)11-10-16-12-28-20(22-16)23(14(2)24)17-6-4-3-5-7-17/h3-7,10-13,15H,8-9H2,1-2H3,(H,21,26)/b11-10+/t13-/m0/s1. The number of amides is 2. The number of ether oxygens (including phenoxy) is 1. The van der Waals surface area contributed by atoms with Gasteiger partial charge in [-0.1, -0.05) is 18.2 Å². The molecule has 0 unspecified atom stereocenters. The van der Waals surface area contributed by atoms with Crippen LogP contribution in [0.25, 0.3) is 6.08 Å². The summed E-state index contributed by atoms with van der Waals surface area (Å²) in [5.74, 6) is -1.08. The first kappa shape index (κ1) is 19.8. The minimum Gasteiger partial charge on any atom is -0.449 e. The molecule has 8 heteroatoms. The van der Waals surface area contributed by atoms with Gasteiger partial charge in [0, 0.05) is 24.4 Å². The van der Waals surface area contributed by atoms with E-state index in [1.54, 1.807) is 5.38 Å². The number of anilines is 2. The van der Waals surface area contributed by atoms with E-state index in [4.69, 9.17) is 4.74 Å². The number of para-hydroxylation sites is 1. The number of nitrogens with one attached hydrogen (secondary N) is 1. The largest absolute Gasteiger partial charge is 0.449 e. The van der Waals surface area contributed by atoms with E-state index in [0.29, 0.717) is 10.8 Å². The van der Waals surface area contributed by atoms with E-state index in [2.05, 4.69) is 10.3 Å². The summed E-state index contributed by atoms with van der Waals surface area (Å²) in [6.45, 7) is 3.00. The van der Waals surface area contributed by atoms with Gasteiger partial charge in [0.25, 0.3) is 5.91 Å². The Balaban J connectivity index is 1.62. The van der Waals surface area contributed by atoms with Gasteiger partial charge in [0.2, 0.25) is 5.91 Å². The highest BCUT2D eigenvalue weighted by Gasteiger charge is 2.26. The van der Waals surface area contributed by atoms with E-state index >= 15 is 0 Å². The molecule has 0 aliphatic heterocycles. The summed E-state index contributed by atoms with van der Waals surface area (Å²) in [5.41, 5.74) is 1.24. The van der Waals surface area contributed by atoms with Crippen molar-refractivity contribution in [2.24, 2.45) is 0 Å². The van der Waals surface area contributed by atoms with Crippen molar-refractivity contribution >= 4 is 46.0 Å². The van der Waals surface area contributed by atoms with Gasteiger partial charge in [-0.15, -0.1) is 11.3 Å². The fourth-order valence-corrected chi connectivity index (χ4v) is 3.28. The molecule has 1 N–H and O–H groups in total. The Bertz CT molecular complexity index is 890. The number of carbonyl (C=O) groups excluding carboxylic acids is 3. The molecule has 1 heterocycles. The molecule has 0 bridgehead atoms. The van der Waals surface area contributed by atoms with Crippen molar-refractivity contribution in [3.05, 3.63) is 47.5 Å². The summed E-state index contributed by atoms with van der Waals surface area (Å²) in [6.07, 6.45) is 3.81. The average Bonchev–Trinajstić information content (AvgIpc) is 3.36. The normalized spacial score (nSPS) is 14.5. The maximum absolute atomic E-state index is 12.0. The summed E-state index contributed by atoms with van der Waals surface area (Å²) in [4.78, 5) is 41.7. The SMILES string of the molecule is CC(=O)N(c1ccccc1)c1nc(/C=C/C(=O)O[C@@H](C)C(=O)NC2CC2)cs1. The van der Waals surface area contributed by atoms with Crippen molar-refractivity contribution in [3.8, 4) is 0 Å². The lowest BCUT2D eigenvalue weighted by atomic mass is 10.3. The highest BCUT2D eigenvalue weighted by atomic mass is 32.1. The molecule has 1 aliphatic rings. The first-order valence-corrected chi connectivity index (χ1v) is 9.82. The van der Waals surface area contributed by atoms with Crippen LogP contribution in [0.4, 0.5) is 10.8 Å². The van der Waals surface area contributed by atoms with Gasteiger partial charge in [-0.25, -0.2) is 9.78 Å². The molecule has 1 saturated carbocycles. The Labute approximate surface area is 167 Å². The Kier molecular flexibility index (Phi) is 6.20. The number of esters is 1. The predicted molar refractivity (Wildman–Crippen MR) is 107 cm³/mol. The summed E-state index contributed by atoms with van der Waals surface area (Å²) >= 11 is 1.29. The topological polar surface area (TPSA) is 88.6 Å². The van der Waals surface area contributed by atoms with Gasteiger partial charge in [-0.05, 0) is 38.0 Å². The fourth-order valence-electron chi connectivity index (χ4n) is 2.43. The van der Waals surface area contributed by atoms with E-state index in [9.17, 15) is 14.4 Å². The van der Waals surface area contributed by atoms with E-state index in [1.807, 2.05) is 30.3 Å². The lowest BCUT2D eigenvalue weighted by molar-refractivity contribution is -0.150. The molecular weight excluding hydrogens is 378 g/mol. The molecule has 0 saturated heterocycles. The molecule has 1 aromatic carbocycles. The summed E-state index contributed by atoms with van der Waals surface area (Å²) in [6, 6.07) is 9.42. The van der Waals surface area contributed by atoms with Gasteiger partial charge in [-0.3, -0.25) is 14.5 Å². The van der Waals surface area contributed by atoms with Crippen LogP contribution in [0.3, 0.4) is 0 Å². The molecular formula is C20H21N3O4S. The molecule has 1 aliphatic carbocycles. The van der Waals surface area contributed by atoms with E-state index in [-0.39, 0.29) is 17.9 Å². The maximum Gasteiger partial charge on any atom is 0.331 e. The van der Waals surface area contributed by atoms with Crippen LogP contribution in [-0.4, -0.2) is 34.9 Å². The van der Waals surface area contributed by atoms with Crippen molar-refractivity contribution < 1.29 is 19.1 Å². The average molecular weight is 399 g/mol. The molecule has 2 amide bonds. The number of aromatic nitrogens is 1. The number of thiazole rings is 1. The monoisotopic (exact) mass is 399 g/mol. The fraction of sp³-hybridized carbons (Fsp3) is 0.300. The molecule has 2 aromatic rings. The van der Waals surface area contributed by atoms with E-state index in [0.717, 1.165) is 18.5 Å². The van der Waals surface area contributed by atoms with Crippen LogP contribution in [0.5, 0.6) is 0 Å². The molecule has 28 heavy (non-hydrogen) atoms. The molecule has 3 rings (SSSR count). The Morgan fingerprint density at radius 2 is 2.00 bits per heavy atom. The molecule has 0 spiro atoms. The van der Waals surface area contributed by atoms with Crippen molar-refractivity contribution in [1.82, 2.24) is 10.3 Å². The molecule has 146 valence electrons. The van der Waals surface area contributed by atoms with Crippen molar-refractivity contribution in [2.45, 2.75) is 38.8 Å². The second kappa shape index (κ2) is 8.79. The third kappa shape index (κ3) is 5.26. The van der Waals surface area contributed by atoms with Gasteiger partial charge in [0.1, 0.15) is 0 Å². The first-order valence-electron chi connectivity index (χ1n) is 8.94. The minimum atomic E-state index is -0.852. The highest BCUT2D eigenvalue weighted by Crippen LogP contribution is 2.29. The maximum atomic E-state index is 12.0. The Morgan fingerprint density at radius 3 is 2.64 bits per heavy atom. The number of hydrogen-bond donors (Lipinski definition) is 1. The minimum absolute atomic E-state index is 0.161. The third-order valence-corrected chi connectivity index (χ3v) is 4.85. The van der Waals surface area contributed by atoms with Crippen LogP contribution >= 0.6 is 11.3 Å². The van der Waals surface area contributed by atoms with Gasteiger partial charge < -0.3 is 10.1 Å². The van der Waals surface area contributed by atoms with Crippen molar-refractivity contribution in [1.29, 1.82) is 0 Å². The van der Waals surface area contributed by atoms with Gasteiger partial charge >= 0.3 is 5.97 Å². The lowest BCUT2D eigenvalue weighted by Crippen LogP contribution is -2.36. The first-order chi connectivity index (χ1) is 13.4. The zero-order chi connectivity index (χ0) is 20.1. The van der Waals surface area contributed by atoms with Crippen LogP contribution in [0.15, 0.2) is 41.8 Å². The van der Waals surface area contributed by atoms with Crippen molar-refractivity contribution in [3.63, 3.8) is 0 Å². The highest BCUT2D eigenvalue weighted by molar-refractivity contribution is 7.14. The zero-order valence-electron chi connectivity index (χ0n) is 15.6. The van der Waals surface area contributed by atoms with Crippen LogP contribution < -0.4 is 10.2 Å². The molecule has 7 nitrogen and oxygen atoms in total. The van der Waals surface area contributed by atoms with E-state index < -0.39 is 12.1 Å². The summed E-state index contributed by atoms with van der Waals surface area (Å²) in [5, 5.41) is 5.03. The second-order valence-electron chi connectivity index (χ2n) is 6.44. The van der Waals surface area contributed by atoms with Gasteiger partial charge in [0.05, 0.1) is 11.4 Å².